The average Bonchev–Trinajstić information content (AvgIpc) is 2.37. The number of pyridine rings is 1. The molecule has 0 bridgehead atoms. The zero-order valence-corrected chi connectivity index (χ0v) is 11.8. The number of hydrogen-bond donors (Lipinski definition) is 1. The van der Waals surface area contributed by atoms with Gasteiger partial charge in [0.05, 0.1) is 5.69 Å². The van der Waals surface area contributed by atoms with E-state index in [1.165, 1.54) is 0 Å². The number of rotatable bonds is 5. The molecule has 4 heteroatoms. The first-order valence-electron chi connectivity index (χ1n) is 6.25. The zero-order chi connectivity index (χ0) is 13.7. The molecule has 0 radical (unpaired) electrons. The summed E-state index contributed by atoms with van der Waals surface area (Å²) in [7, 11) is 0. The number of nitrogens with one attached hydrogen (secondary N) is 1. The van der Waals surface area contributed by atoms with Gasteiger partial charge in [-0.25, -0.2) is 0 Å². The Morgan fingerprint density at radius 1 is 1.21 bits per heavy atom. The first-order valence-corrected chi connectivity index (χ1v) is 6.63. The van der Waals surface area contributed by atoms with Crippen molar-refractivity contribution in [2.75, 3.05) is 0 Å². The summed E-state index contributed by atoms with van der Waals surface area (Å²) in [6.07, 6.45) is 1.75. The van der Waals surface area contributed by atoms with E-state index >= 15 is 0 Å². The first kappa shape index (κ1) is 13.8. The maximum atomic E-state index is 5.92. The van der Waals surface area contributed by atoms with Crippen LogP contribution in [-0.2, 0) is 6.54 Å². The number of hydrogen-bond acceptors (Lipinski definition) is 3. The lowest BCUT2D eigenvalue weighted by Crippen LogP contribution is -2.22. The second-order valence-electron chi connectivity index (χ2n) is 4.58. The van der Waals surface area contributed by atoms with E-state index in [1.807, 2.05) is 30.3 Å². The Bertz CT molecular complexity index is 543. The van der Waals surface area contributed by atoms with Crippen LogP contribution >= 0.6 is 11.6 Å². The fraction of sp³-hybridized carbons (Fsp3) is 0.267. The zero-order valence-electron chi connectivity index (χ0n) is 11.1. The topological polar surface area (TPSA) is 34.1 Å². The summed E-state index contributed by atoms with van der Waals surface area (Å²) in [5, 5.41) is 3.98. The lowest BCUT2D eigenvalue weighted by Gasteiger charge is -2.09. The van der Waals surface area contributed by atoms with Crippen LogP contribution in [-0.4, -0.2) is 11.0 Å². The minimum absolute atomic E-state index is 0.430. The van der Waals surface area contributed by atoms with Crippen LogP contribution in [0.25, 0.3) is 0 Å². The van der Waals surface area contributed by atoms with Crippen molar-refractivity contribution in [3.63, 3.8) is 0 Å². The molecule has 0 saturated heterocycles. The van der Waals surface area contributed by atoms with Crippen LogP contribution in [0.2, 0.25) is 5.02 Å². The number of ether oxygens (including phenoxy) is 1. The molecule has 0 atom stereocenters. The second kappa shape index (κ2) is 6.55. The molecular formula is C15H17ClN2O. The van der Waals surface area contributed by atoms with E-state index in [0.717, 1.165) is 23.7 Å². The molecule has 0 aliphatic rings. The van der Waals surface area contributed by atoms with Crippen LogP contribution in [0.5, 0.6) is 11.5 Å². The molecule has 3 nitrogen and oxygen atoms in total. The molecule has 0 saturated carbocycles. The summed E-state index contributed by atoms with van der Waals surface area (Å²) < 4.78 is 5.75. The van der Waals surface area contributed by atoms with Crippen LogP contribution in [0.15, 0.2) is 42.6 Å². The van der Waals surface area contributed by atoms with Crippen molar-refractivity contribution in [1.29, 1.82) is 0 Å². The van der Waals surface area contributed by atoms with Crippen molar-refractivity contribution in [3.05, 3.63) is 53.3 Å². The van der Waals surface area contributed by atoms with E-state index in [1.54, 1.807) is 12.3 Å². The molecule has 0 unspecified atom stereocenters. The number of nitrogens with zero attached hydrogens (tertiary/aromatic N) is 1. The van der Waals surface area contributed by atoms with E-state index < -0.39 is 0 Å². The summed E-state index contributed by atoms with van der Waals surface area (Å²) in [6, 6.07) is 11.5. The highest BCUT2D eigenvalue weighted by atomic mass is 35.5. The van der Waals surface area contributed by atoms with Crippen LogP contribution in [0.1, 0.15) is 19.5 Å². The smallest absolute Gasteiger partial charge is 0.130 e. The van der Waals surface area contributed by atoms with Crippen LogP contribution in [0.3, 0.4) is 0 Å². The highest BCUT2D eigenvalue weighted by molar-refractivity contribution is 6.30. The van der Waals surface area contributed by atoms with Crippen molar-refractivity contribution < 1.29 is 4.74 Å². The van der Waals surface area contributed by atoms with Gasteiger partial charge < -0.3 is 10.1 Å². The Kier molecular flexibility index (Phi) is 4.77. The van der Waals surface area contributed by atoms with Crippen LogP contribution in [0, 0.1) is 0 Å². The van der Waals surface area contributed by atoms with E-state index in [9.17, 15) is 0 Å². The third-order valence-corrected chi connectivity index (χ3v) is 2.75. The van der Waals surface area contributed by atoms with Gasteiger partial charge in [0.25, 0.3) is 0 Å². The lowest BCUT2D eigenvalue weighted by molar-refractivity contribution is 0.479. The van der Waals surface area contributed by atoms with Crippen molar-refractivity contribution in [3.8, 4) is 11.5 Å². The highest BCUT2D eigenvalue weighted by Gasteiger charge is 2.02. The Morgan fingerprint density at radius 3 is 2.74 bits per heavy atom. The van der Waals surface area contributed by atoms with Crippen molar-refractivity contribution in [2.45, 2.75) is 26.4 Å². The molecule has 0 spiro atoms. The minimum atomic E-state index is 0.430. The number of benzene rings is 1. The van der Waals surface area contributed by atoms with E-state index in [-0.39, 0.29) is 0 Å². The lowest BCUT2D eigenvalue weighted by atomic mass is 10.3. The third kappa shape index (κ3) is 4.54. The molecule has 1 heterocycles. The molecular weight excluding hydrogens is 260 g/mol. The molecule has 1 N–H and O–H groups in total. The minimum Gasteiger partial charge on any atom is -0.457 e. The molecule has 0 amide bonds. The molecule has 2 aromatic rings. The Morgan fingerprint density at radius 2 is 2.00 bits per heavy atom. The molecule has 0 fully saturated rings. The van der Waals surface area contributed by atoms with Gasteiger partial charge in [-0.1, -0.05) is 31.5 Å². The molecule has 0 aliphatic heterocycles. The van der Waals surface area contributed by atoms with Crippen LogP contribution < -0.4 is 10.1 Å². The molecule has 0 aliphatic carbocycles. The van der Waals surface area contributed by atoms with Gasteiger partial charge in [0.15, 0.2) is 0 Å². The van der Waals surface area contributed by atoms with Crippen molar-refractivity contribution >= 4 is 11.6 Å². The van der Waals surface area contributed by atoms with E-state index in [0.29, 0.717) is 11.1 Å². The van der Waals surface area contributed by atoms with Gasteiger partial charge in [0.2, 0.25) is 0 Å². The van der Waals surface area contributed by atoms with Crippen molar-refractivity contribution in [1.82, 2.24) is 10.3 Å². The summed E-state index contributed by atoms with van der Waals surface area (Å²) in [4.78, 5) is 4.30. The van der Waals surface area contributed by atoms with E-state index in [2.05, 4.69) is 24.1 Å². The van der Waals surface area contributed by atoms with Gasteiger partial charge in [-0.3, -0.25) is 4.98 Å². The van der Waals surface area contributed by atoms with Gasteiger partial charge in [-0.05, 0) is 24.3 Å². The highest BCUT2D eigenvalue weighted by Crippen LogP contribution is 2.24. The monoisotopic (exact) mass is 276 g/mol. The Labute approximate surface area is 118 Å². The molecule has 1 aromatic carbocycles. The van der Waals surface area contributed by atoms with Gasteiger partial charge >= 0.3 is 0 Å². The van der Waals surface area contributed by atoms with Gasteiger partial charge in [-0.2, -0.15) is 0 Å². The molecule has 100 valence electrons. The summed E-state index contributed by atoms with van der Waals surface area (Å²) in [5.41, 5.74) is 0.952. The predicted octanol–water partition coefficient (Wildman–Crippen LogP) is 4.03. The maximum Gasteiger partial charge on any atom is 0.130 e. The van der Waals surface area contributed by atoms with E-state index in [4.69, 9.17) is 16.3 Å². The summed E-state index contributed by atoms with van der Waals surface area (Å²) in [5.74, 6) is 1.49. The summed E-state index contributed by atoms with van der Waals surface area (Å²) >= 11 is 5.92. The normalized spacial score (nSPS) is 10.7. The third-order valence-electron chi connectivity index (χ3n) is 2.51. The number of halogens is 1. The largest absolute Gasteiger partial charge is 0.457 e. The predicted molar refractivity (Wildman–Crippen MR) is 77.7 cm³/mol. The summed E-state index contributed by atoms with van der Waals surface area (Å²) in [6.45, 7) is 4.93. The van der Waals surface area contributed by atoms with Crippen LogP contribution in [0.4, 0.5) is 0 Å². The molecule has 1 aromatic heterocycles. The molecule has 19 heavy (non-hydrogen) atoms. The van der Waals surface area contributed by atoms with Gasteiger partial charge in [0, 0.05) is 29.9 Å². The van der Waals surface area contributed by atoms with Crippen molar-refractivity contribution in [2.24, 2.45) is 0 Å². The molecule has 2 rings (SSSR count). The fourth-order valence-electron chi connectivity index (χ4n) is 1.59. The van der Waals surface area contributed by atoms with Gasteiger partial charge in [-0.15, -0.1) is 0 Å². The SMILES string of the molecule is CC(C)NCc1cc(Oc2cccc(Cl)c2)ccn1. The Balaban J connectivity index is 2.06. The standard InChI is InChI=1S/C15H17ClN2O/c1-11(2)18-10-13-9-15(6-7-17-13)19-14-5-3-4-12(16)8-14/h3-9,11,18H,10H2,1-2H3. The first-order chi connectivity index (χ1) is 9.13. The number of aromatic nitrogens is 1. The average molecular weight is 277 g/mol. The fourth-order valence-corrected chi connectivity index (χ4v) is 1.77. The quantitative estimate of drug-likeness (QED) is 0.895. The maximum absolute atomic E-state index is 5.92. The van der Waals surface area contributed by atoms with Gasteiger partial charge in [0.1, 0.15) is 11.5 Å². The second-order valence-corrected chi connectivity index (χ2v) is 5.01. The Hall–Kier alpha value is -1.58.